The maximum atomic E-state index is 17.6. The molecule has 21 heteroatoms. The Morgan fingerprint density at radius 2 is 1.62 bits per heavy atom. The lowest BCUT2D eigenvalue weighted by atomic mass is 9.44. The Morgan fingerprint density at radius 1 is 0.942 bits per heavy atom. The molecule has 0 spiro atoms. The molecule has 0 aromatic heterocycles. The quantitative estimate of drug-likeness (QED) is 0.0552. The molecule has 3 unspecified atom stereocenters. The van der Waals surface area contributed by atoms with Crippen LogP contribution in [0.3, 0.4) is 0 Å². The molecule has 294 valence electrons. The summed E-state index contributed by atoms with van der Waals surface area (Å²) in [5, 5.41) is 74.3. The number of ketones is 2. The third-order valence-corrected chi connectivity index (χ3v) is 11.1. The van der Waals surface area contributed by atoms with E-state index in [-0.39, 0.29) is 57.3 Å². The third-order valence-electron chi connectivity index (χ3n) is 11.1. The van der Waals surface area contributed by atoms with Gasteiger partial charge in [-0.2, -0.15) is 0 Å². The Kier molecular flexibility index (Phi) is 13.4. The highest BCUT2D eigenvalue weighted by molar-refractivity contribution is 6.01. The van der Waals surface area contributed by atoms with Crippen LogP contribution in [-0.4, -0.2) is 131 Å². The van der Waals surface area contributed by atoms with Crippen LogP contribution in [0.1, 0.15) is 71.6 Å². The van der Waals surface area contributed by atoms with Crippen LogP contribution in [0.15, 0.2) is 23.8 Å². The Balaban J connectivity index is 1.56. The fraction of sp³-hybridized carbons (Fsp3) is 0.742. The highest BCUT2D eigenvalue weighted by atomic mass is 19.1. The minimum Gasteiger partial charge on any atom is -0.457 e. The van der Waals surface area contributed by atoms with Gasteiger partial charge in [0.2, 0.25) is 11.4 Å². The maximum Gasteiger partial charge on any atom is 0.306 e. The van der Waals surface area contributed by atoms with E-state index in [4.69, 9.17) is 40.7 Å². The number of hydrogen-bond acceptors (Lipinski definition) is 20. The summed E-state index contributed by atoms with van der Waals surface area (Å²) >= 11 is 0. The molecule has 0 saturated heterocycles. The van der Waals surface area contributed by atoms with E-state index in [1.165, 1.54) is 25.2 Å². The molecule has 0 heterocycles. The number of Topliss-reactive ketones (excluding diaryl/α,β-unsaturated/α-hetero) is 1. The fourth-order valence-electron chi connectivity index (χ4n) is 8.80. The van der Waals surface area contributed by atoms with Gasteiger partial charge in [0.15, 0.2) is 18.1 Å². The Labute approximate surface area is 296 Å². The number of fused-ring (bicyclic) bond motifs is 5. The Hall–Kier alpha value is -2.87. The van der Waals surface area contributed by atoms with Crippen molar-refractivity contribution in [1.82, 2.24) is 16.2 Å². The molecule has 0 bridgehead atoms. The van der Waals surface area contributed by atoms with Crippen molar-refractivity contribution in [3.8, 4) is 0 Å². The first-order valence-electron chi connectivity index (χ1n) is 16.7. The van der Waals surface area contributed by atoms with Crippen LogP contribution in [0.4, 0.5) is 4.39 Å². The van der Waals surface area contributed by atoms with Gasteiger partial charge in [-0.05, 0) is 69.9 Å². The number of hydrogen-bond donors (Lipinski definition) is 8. The summed E-state index contributed by atoms with van der Waals surface area (Å²) < 4.78 is 28.7. The normalized spacial score (nSPS) is 34.5. The molecule has 8 N–H and O–H groups in total. The summed E-state index contributed by atoms with van der Waals surface area (Å²) in [5.74, 6) is -5.14. The van der Waals surface area contributed by atoms with E-state index in [2.05, 4.69) is 14.5 Å². The first-order valence-corrected chi connectivity index (χ1v) is 16.7. The van der Waals surface area contributed by atoms with Crippen LogP contribution in [0, 0.1) is 22.7 Å². The summed E-state index contributed by atoms with van der Waals surface area (Å²) in [6.45, 7) is 1.13. The number of carbonyl (C=O) groups is 4. The average molecular weight is 752 g/mol. The smallest absolute Gasteiger partial charge is 0.306 e. The zero-order valence-corrected chi connectivity index (χ0v) is 28.6. The van der Waals surface area contributed by atoms with E-state index >= 15 is 4.39 Å². The lowest BCUT2D eigenvalue weighted by molar-refractivity contribution is -0.527. The lowest BCUT2D eigenvalue weighted by Crippen LogP contribution is -2.70. The number of nitrogens with zero attached hydrogens (tertiary/aromatic N) is 3. The number of rotatable bonds is 18. The predicted octanol–water partition coefficient (Wildman–Crippen LogP) is 1.08. The molecule has 3 fully saturated rings. The second kappa shape index (κ2) is 16.7. The zero-order chi connectivity index (χ0) is 38.6. The fourth-order valence-corrected chi connectivity index (χ4v) is 8.80. The van der Waals surface area contributed by atoms with Gasteiger partial charge in [-0.1, -0.05) is 18.6 Å². The summed E-state index contributed by atoms with van der Waals surface area (Å²) in [7, 11) is 0. The third kappa shape index (κ3) is 8.12. The van der Waals surface area contributed by atoms with E-state index in [1.807, 2.05) is 0 Å². The van der Waals surface area contributed by atoms with Crippen molar-refractivity contribution in [3.05, 3.63) is 23.8 Å². The number of aliphatic hydroxyl groups excluding tert-OH is 2. The molecular weight excluding hydrogens is 705 g/mol. The van der Waals surface area contributed by atoms with Gasteiger partial charge in [-0.15, -0.1) is 0 Å². The molecule has 52 heavy (non-hydrogen) atoms. The Morgan fingerprint density at radius 3 is 2.27 bits per heavy atom. The molecule has 0 aromatic carbocycles. The molecule has 20 nitrogen and oxygen atoms in total. The monoisotopic (exact) mass is 751 g/mol. The summed E-state index contributed by atoms with van der Waals surface area (Å²) in [5.41, 5.74) is -7.25. The first kappa shape index (κ1) is 41.9. The zero-order valence-electron chi connectivity index (χ0n) is 28.6. The van der Waals surface area contributed by atoms with E-state index in [0.717, 1.165) is 0 Å². The molecule has 9 atom stereocenters. The van der Waals surface area contributed by atoms with Gasteiger partial charge in [0.05, 0.1) is 28.9 Å². The maximum absolute atomic E-state index is 17.6. The van der Waals surface area contributed by atoms with Crippen LogP contribution in [0.25, 0.3) is 0 Å². The average Bonchev–Trinajstić information content (AvgIpc) is 3.27. The highest BCUT2D eigenvalue weighted by Crippen LogP contribution is 2.70. The predicted molar refractivity (Wildman–Crippen MR) is 161 cm³/mol. The minimum absolute atomic E-state index is 0.0584. The van der Waals surface area contributed by atoms with Crippen molar-refractivity contribution >= 4 is 23.5 Å². The van der Waals surface area contributed by atoms with Crippen molar-refractivity contribution in [2.75, 3.05) is 19.8 Å². The number of allylic oxidation sites excluding steroid dienone is 4. The van der Waals surface area contributed by atoms with Crippen molar-refractivity contribution in [3.63, 3.8) is 0 Å². The van der Waals surface area contributed by atoms with Crippen molar-refractivity contribution in [1.29, 1.82) is 0 Å². The summed E-state index contributed by atoms with van der Waals surface area (Å²) in [6.07, 6.45) is -2.05. The van der Waals surface area contributed by atoms with Crippen molar-refractivity contribution in [2.45, 2.75) is 101 Å². The molecule has 0 aliphatic heterocycles. The van der Waals surface area contributed by atoms with E-state index in [9.17, 15) is 29.4 Å². The molecule has 0 amide bonds. The van der Waals surface area contributed by atoms with Gasteiger partial charge in [0, 0.05) is 29.6 Å². The number of alkyl halides is 1. The van der Waals surface area contributed by atoms with Crippen LogP contribution in [0.5, 0.6) is 0 Å². The molecule has 4 aliphatic carbocycles. The molecule has 4 rings (SSSR count). The molecule has 0 radical (unpaired) electrons. The summed E-state index contributed by atoms with van der Waals surface area (Å²) in [6, 6.07) is 0. The van der Waals surface area contributed by atoms with Crippen LogP contribution < -0.4 is 0 Å². The van der Waals surface area contributed by atoms with Gasteiger partial charge in [-0.3, -0.25) is 55.3 Å². The van der Waals surface area contributed by atoms with Gasteiger partial charge in [-0.25, -0.2) is 14.1 Å². The van der Waals surface area contributed by atoms with E-state index in [0.29, 0.717) is 5.57 Å². The van der Waals surface area contributed by atoms with Gasteiger partial charge >= 0.3 is 11.9 Å². The van der Waals surface area contributed by atoms with Gasteiger partial charge in [0.1, 0.15) is 18.8 Å². The van der Waals surface area contributed by atoms with Crippen LogP contribution in [-0.2, 0) is 43.2 Å². The number of halogens is 1. The SMILES string of the molecule is C[C@]12C=CC(=O)C=C1CCC1C3C[C@@H](O)[C@](OC(=O)CCCON(O)O)(C(=O)COC(=O)CCCC(CON(O)O)ON(O)O)[C@@]3(C)C[C@H](O)[C@@]12F. The van der Waals surface area contributed by atoms with E-state index in [1.54, 1.807) is 6.92 Å². The van der Waals surface area contributed by atoms with Crippen LogP contribution in [0.2, 0.25) is 0 Å². The van der Waals surface area contributed by atoms with Crippen molar-refractivity contribution in [2.24, 2.45) is 22.7 Å². The van der Waals surface area contributed by atoms with E-state index < -0.39 is 112 Å². The molecular formula is C31H46FN3O17. The number of aliphatic hydroxyl groups is 2. The second-order valence-corrected chi connectivity index (χ2v) is 13.9. The number of esters is 2. The largest absolute Gasteiger partial charge is 0.457 e. The lowest BCUT2D eigenvalue weighted by Gasteiger charge is -2.62. The topological polar surface area (TPSA) is 286 Å². The second-order valence-electron chi connectivity index (χ2n) is 13.9. The number of ether oxygens (including phenoxy) is 2. The van der Waals surface area contributed by atoms with Crippen molar-refractivity contribution < 1.29 is 89.0 Å². The van der Waals surface area contributed by atoms with Crippen LogP contribution >= 0.6 is 0 Å². The number of carbonyl (C=O) groups excluding carboxylic acids is 4. The first-order chi connectivity index (χ1) is 24.3. The Bertz CT molecular complexity index is 1400. The summed E-state index contributed by atoms with van der Waals surface area (Å²) in [4.78, 5) is 65.8. The molecule has 3 saturated carbocycles. The standard InChI is InChI=1S/C31H46FN3O17/c1-28-11-10-19(36)13-18(28)8-9-21-22-14-23(37)31(29(22,2)15-24(38)30(21,28)32,51-27(41)7-4-12-49-33(42)43)25(39)17-48-26(40)6-3-5-20(52-35(46)47)16-50-34(44)45/h10-11,13,20-24,37-38,42-47H,3-9,12,14-17H2,1-2H3/t20?,21?,22?,23-,24+,28+,29+,30+,31+/m1/s1. The van der Waals surface area contributed by atoms with Gasteiger partial charge in [0.25, 0.3) is 0 Å². The molecule has 0 aromatic rings. The van der Waals surface area contributed by atoms with Gasteiger partial charge < -0.3 is 19.7 Å². The molecule has 4 aliphatic rings. The minimum atomic E-state index is -2.43. The highest BCUT2D eigenvalue weighted by Gasteiger charge is 2.78.